The summed E-state index contributed by atoms with van der Waals surface area (Å²) in [6.07, 6.45) is 0. The number of para-hydroxylation sites is 2. The molecular formula is C45H27N2OP. The van der Waals surface area contributed by atoms with Crippen molar-refractivity contribution in [3.05, 3.63) is 164 Å². The molecular weight excluding hydrogens is 615 g/mol. The van der Waals surface area contributed by atoms with Crippen molar-refractivity contribution in [1.29, 1.82) is 0 Å². The van der Waals surface area contributed by atoms with Crippen molar-refractivity contribution in [2.24, 2.45) is 0 Å². The van der Waals surface area contributed by atoms with Crippen LogP contribution in [0.2, 0.25) is 0 Å². The number of nitrogens with zero attached hydrogens (tertiary/aromatic N) is 2. The predicted octanol–water partition coefficient (Wildman–Crippen LogP) is 10.4. The summed E-state index contributed by atoms with van der Waals surface area (Å²) >= 11 is 0. The maximum atomic E-state index is 15.5. The number of hydrogen-bond acceptors (Lipinski definition) is 2. The number of benzene rings is 8. The van der Waals surface area contributed by atoms with E-state index in [1.165, 1.54) is 26.9 Å². The topological polar surface area (TPSA) is 34.4 Å². The minimum Gasteiger partial charge on any atom is -0.309 e. The number of pyridine rings is 1. The number of imidazole rings is 1. The standard InChI is InChI=1S/C45H27N2OP/c48-49(41-19-9-5-15-35(41)36-16-6-10-20-42(36)49)43-26-25-30(32-13-3-4-14-34(32)43)29-22-23-33-37-24-21-28-11-1-2-12-31(28)44(37)45-46-38-17-7-8-18-39(38)47(45)40(33)27-29/h1-27H. The molecule has 1 aliphatic heterocycles. The molecule has 0 bridgehead atoms. The Hall–Kier alpha value is -6.02. The van der Waals surface area contributed by atoms with E-state index in [4.69, 9.17) is 4.98 Å². The summed E-state index contributed by atoms with van der Waals surface area (Å²) in [5.41, 5.74) is 8.52. The zero-order valence-corrected chi connectivity index (χ0v) is 27.2. The molecule has 0 unspecified atom stereocenters. The van der Waals surface area contributed by atoms with E-state index in [9.17, 15) is 0 Å². The monoisotopic (exact) mass is 642 g/mol. The Morgan fingerprint density at radius 1 is 0.449 bits per heavy atom. The van der Waals surface area contributed by atoms with Gasteiger partial charge in [-0.25, -0.2) is 4.98 Å². The number of hydrogen-bond donors (Lipinski definition) is 0. The van der Waals surface area contributed by atoms with Gasteiger partial charge in [-0.1, -0.05) is 140 Å². The molecule has 4 heteroatoms. The molecule has 49 heavy (non-hydrogen) atoms. The van der Waals surface area contributed by atoms with Gasteiger partial charge in [0.1, 0.15) is 5.65 Å². The van der Waals surface area contributed by atoms with E-state index in [0.717, 1.165) is 71.1 Å². The second-order valence-corrected chi connectivity index (χ2v) is 15.7. The van der Waals surface area contributed by atoms with Gasteiger partial charge in [-0.3, -0.25) is 4.40 Å². The molecule has 228 valence electrons. The highest BCUT2D eigenvalue weighted by Crippen LogP contribution is 2.53. The van der Waals surface area contributed by atoms with Crippen molar-refractivity contribution in [2.45, 2.75) is 0 Å². The van der Waals surface area contributed by atoms with Crippen LogP contribution >= 0.6 is 7.14 Å². The van der Waals surface area contributed by atoms with Crippen molar-refractivity contribution in [3.63, 3.8) is 0 Å². The maximum absolute atomic E-state index is 15.5. The fourth-order valence-corrected chi connectivity index (χ4v) is 11.7. The van der Waals surface area contributed by atoms with Crippen LogP contribution < -0.4 is 15.9 Å². The fourth-order valence-electron chi connectivity index (χ4n) is 8.44. The summed E-state index contributed by atoms with van der Waals surface area (Å²) in [6.45, 7) is 0. The Balaban J connectivity index is 1.21. The first-order valence-corrected chi connectivity index (χ1v) is 18.4. The van der Waals surface area contributed by atoms with Crippen LogP contribution in [0, 0.1) is 0 Å². The summed E-state index contributed by atoms with van der Waals surface area (Å²) in [7, 11) is -3.11. The molecule has 0 spiro atoms. The predicted molar refractivity (Wildman–Crippen MR) is 207 cm³/mol. The van der Waals surface area contributed by atoms with Crippen LogP contribution in [0.15, 0.2) is 164 Å². The Morgan fingerprint density at radius 3 is 1.92 bits per heavy atom. The van der Waals surface area contributed by atoms with Gasteiger partial charge >= 0.3 is 0 Å². The molecule has 0 fully saturated rings. The molecule has 11 rings (SSSR count). The first kappa shape index (κ1) is 27.0. The second kappa shape index (κ2) is 9.76. The molecule has 3 heterocycles. The lowest BCUT2D eigenvalue weighted by molar-refractivity contribution is 0.593. The summed E-state index contributed by atoms with van der Waals surface area (Å²) in [5, 5.41) is 10.8. The first-order valence-electron chi connectivity index (χ1n) is 16.7. The van der Waals surface area contributed by atoms with Gasteiger partial charge in [0.15, 0.2) is 7.14 Å². The SMILES string of the molecule is O=P1(c2ccc(-c3ccc4c5ccc6ccccc6c5c5nc6ccccc6n5c4c3)c3ccccc23)c2ccccc2-c2ccccc21. The van der Waals surface area contributed by atoms with Crippen molar-refractivity contribution in [1.82, 2.24) is 9.38 Å². The minimum atomic E-state index is -3.11. The van der Waals surface area contributed by atoms with Gasteiger partial charge in [0.2, 0.25) is 0 Å². The van der Waals surface area contributed by atoms with Crippen molar-refractivity contribution in [2.75, 3.05) is 0 Å². The number of fused-ring (bicyclic) bond motifs is 14. The van der Waals surface area contributed by atoms with E-state index in [0.29, 0.717) is 0 Å². The van der Waals surface area contributed by atoms with E-state index in [2.05, 4.69) is 144 Å². The van der Waals surface area contributed by atoms with Crippen LogP contribution in [0.1, 0.15) is 0 Å². The Labute approximate surface area is 282 Å². The second-order valence-electron chi connectivity index (χ2n) is 13.0. The lowest BCUT2D eigenvalue weighted by Crippen LogP contribution is -2.21. The van der Waals surface area contributed by atoms with Gasteiger partial charge in [0, 0.05) is 26.7 Å². The minimum absolute atomic E-state index is 0.894. The van der Waals surface area contributed by atoms with E-state index in [-0.39, 0.29) is 0 Å². The van der Waals surface area contributed by atoms with Crippen molar-refractivity contribution >= 4 is 83.0 Å². The molecule has 0 saturated heterocycles. The van der Waals surface area contributed by atoms with Crippen LogP contribution in [0.4, 0.5) is 0 Å². The van der Waals surface area contributed by atoms with E-state index >= 15 is 4.57 Å². The third-order valence-electron chi connectivity index (χ3n) is 10.6. The molecule has 0 saturated carbocycles. The van der Waals surface area contributed by atoms with Gasteiger partial charge in [-0.15, -0.1) is 0 Å². The molecule has 2 aromatic heterocycles. The molecule has 0 radical (unpaired) electrons. The highest BCUT2D eigenvalue weighted by atomic mass is 31.2. The largest absolute Gasteiger partial charge is 0.309 e. The van der Waals surface area contributed by atoms with E-state index < -0.39 is 7.14 Å². The van der Waals surface area contributed by atoms with E-state index in [1.54, 1.807) is 0 Å². The molecule has 3 nitrogen and oxygen atoms in total. The zero-order valence-electron chi connectivity index (χ0n) is 26.3. The van der Waals surface area contributed by atoms with Crippen LogP contribution in [0.25, 0.3) is 82.2 Å². The van der Waals surface area contributed by atoms with Gasteiger partial charge in [-0.05, 0) is 73.5 Å². The van der Waals surface area contributed by atoms with Crippen LogP contribution in [-0.2, 0) is 4.57 Å². The Kier molecular flexibility index (Phi) is 5.38. The summed E-state index contributed by atoms with van der Waals surface area (Å²) in [6, 6.07) is 57.5. The lowest BCUT2D eigenvalue weighted by atomic mass is 9.95. The van der Waals surface area contributed by atoms with Crippen LogP contribution in [0.5, 0.6) is 0 Å². The summed E-state index contributed by atoms with van der Waals surface area (Å²) < 4.78 is 17.9. The van der Waals surface area contributed by atoms with Gasteiger partial charge in [-0.2, -0.15) is 0 Å². The molecule has 0 atom stereocenters. The highest BCUT2D eigenvalue weighted by molar-refractivity contribution is 7.86. The van der Waals surface area contributed by atoms with Crippen molar-refractivity contribution < 1.29 is 4.57 Å². The van der Waals surface area contributed by atoms with E-state index in [1.807, 2.05) is 24.3 Å². The fraction of sp³-hybridized carbons (Fsp3) is 0. The van der Waals surface area contributed by atoms with Gasteiger partial charge in [0.25, 0.3) is 0 Å². The smallest absolute Gasteiger partial charge is 0.172 e. The normalized spacial score (nSPS) is 13.6. The summed E-state index contributed by atoms with van der Waals surface area (Å²) in [4.78, 5) is 5.23. The summed E-state index contributed by atoms with van der Waals surface area (Å²) in [5.74, 6) is 0. The number of aromatic nitrogens is 2. The lowest BCUT2D eigenvalue weighted by Gasteiger charge is -2.20. The average molecular weight is 643 g/mol. The van der Waals surface area contributed by atoms with Crippen molar-refractivity contribution in [3.8, 4) is 22.3 Å². The van der Waals surface area contributed by atoms with Crippen LogP contribution in [0.3, 0.4) is 0 Å². The molecule has 8 aromatic carbocycles. The van der Waals surface area contributed by atoms with Gasteiger partial charge in [0.05, 0.1) is 16.6 Å². The maximum Gasteiger partial charge on any atom is 0.172 e. The molecule has 0 N–H and O–H groups in total. The zero-order chi connectivity index (χ0) is 32.3. The molecule has 10 aromatic rings. The van der Waals surface area contributed by atoms with Crippen LogP contribution in [-0.4, -0.2) is 9.38 Å². The first-order chi connectivity index (χ1) is 24.2. The quantitative estimate of drug-likeness (QED) is 0.139. The molecule has 0 aliphatic carbocycles. The average Bonchev–Trinajstić information content (AvgIpc) is 3.68. The molecule has 0 amide bonds. The Morgan fingerprint density at radius 2 is 1.10 bits per heavy atom. The molecule has 1 aliphatic rings. The van der Waals surface area contributed by atoms with Gasteiger partial charge < -0.3 is 4.57 Å². The number of rotatable bonds is 2. The third-order valence-corrected chi connectivity index (χ3v) is 13.8. The Bertz CT molecular complexity index is 3050. The third kappa shape index (κ3) is 3.52. The highest BCUT2D eigenvalue weighted by Gasteiger charge is 2.40.